The van der Waals surface area contributed by atoms with E-state index < -0.39 is 6.10 Å². The summed E-state index contributed by atoms with van der Waals surface area (Å²) in [4.78, 5) is 38.4. The summed E-state index contributed by atoms with van der Waals surface area (Å²) in [6, 6.07) is 0. The van der Waals surface area contributed by atoms with E-state index in [4.69, 9.17) is 14.2 Å². The molecule has 0 saturated carbocycles. The van der Waals surface area contributed by atoms with Crippen molar-refractivity contribution in [3.63, 3.8) is 0 Å². The smallest absolute Gasteiger partial charge is 0.306 e. The minimum Gasteiger partial charge on any atom is -0.462 e. The van der Waals surface area contributed by atoms with Crippen molar-refractivity contribution >= 4 is 17.9 Å². The van der Waals surface area contributed by atoms with Crippen LogP contribution < -0.4 is 0 Å². The van der Waals surface area contributed by atoms with E-state index in [-0.39, 0.29) is 31.1 Å². The number of allylic oxidation sites excluding steroid dienone is 6. The van der Waals surface area contributed by atoms with Gasteiger partial charge in [0.05, 0.1) is 0 Å². The number of ether oxygens (including phenoxy) is 3. The Morgan fingerprint density at radius 1 is 0.247 bits per heavy atom. The molecule has 81 heavy (non-hydrogen) atoms. The second kappa shape index (κ2) is 70.1. The van der Waals surface area contributed by atoms with Gasteiger partial charge in [-0.3, -0.25) is 14.4 Å². The molecular formula is C75H140O6. The maximum atomic E-state index is 12.9. The van der Waals surface area contributed by atoms with E-state index in [0.29, 0.717) is 19.3 Å². The van der Waals surface area contributed by atoms with Gasteiger partial charge in [-0.05, 0) is 77.0 Å². The molecule has 0 aliphatic carbocycles. The third-order valence-electron chi connectivity index (χ3n) is 16.6. The Morgan fingerprint density at radius 3 is 0.716 bits per heavy atom. The number of unbranched alkanes of at least 4 members (excludes halogenated alkanes) is 51. The summed E-state index contributed by atoms with van der Waals surface area (Å²) in [5, 5.41) is 0. The first-order valence-corrected chi connectivity index (χ1v) is 36.5. The predicted molar refractivity (Wildman–Crippen MR) is 353 cm³/mol. The van der Waals surface area contributed by atoms with Crippen LogP contribution in [-0.4, -0.2) is 37.2 Å². The zero-order valence-corrected chi connectivity index (χ0v) is 54.8. The first-order valence-electron chi connectivity index (χ1n) is 36.5. The maximum Gasteiger partial charge on any atom is 0.306 e. The van der Waals surface area contributed by atoms with Gasteiger partial charge in [0.1, 0.15) is 13.2 Å². The highest BCUT2D eigenvalue weighted by Gasteiger charge is 2.19. The lowest BCUT2D eigenvalue weighted by Crippen LogP contribution is -2.30. The minimum absolute atomic E-state index is 0.0736. The second-order valence-corrected chi connectivity index (χ2v) is 24.9. The average Bonchev–Trinajstić information content (AvgIpc) is 3.47. The molecular weight excluding hydrogens is 997 g/mol. The SMILES string of the molecule is CCCCC/C=C\C/C=C\CCCCCCCCCC(=O)OC(COC(=O)CCCCCCC/C=C\CCCCCCCC)COC(=O)CCCCCCCCCCCCCCCCCCCCCCCCCCCCCCCCC. The molecule has 6 heteroatoms. The molecule has 0 radical (unpaired) electrons. The van der Waals surface area contributed by atoms with E-state index in [1.807, 2.05) is 0 Å². The topological polar surface area (TPSA) is 78.9 Å². The van der Waals surface area contributed by atoms with Crippen molar-refractivity contribution in [2.45, 2.75) is 412 Å². The first-order chi connectivity index (χ1) is 40.0. The lowest BCUT2D eigenvalue weighted by molar-refractivity contribution is -0.167. The Bertz CT molecular complexity index is 1350. The Labute approximate surface area is 506 Å². The fourth-order valence-electron chi connectivity index (χ4n) is 11.1. The molecule has 6 nitrogen and oxygen atoms in total. The molecule has 0 aromatic carbocycles. The molecule has 0 fully saturated rings. The van der Waals surface area contributed by atoms with Crippen LogP contribution in [0.4, 0.5) is 0 Å². The molecule has 0 spiro atoms. The lowest BCUT2D eigenvalue weighted by atomic mass is 10.0. The van der Waals surface area contributed by atoms with Gasteiger partial charge in [-0.25, -0.2) is 0 Å². The number of carbonyl (C=O) groups excluding carboxylic acids is 3. The monoisotopic (exact) mass is 1140 g/mol. The van der Waals surface area contributed by atoms with Crippen LogP contribution in [-0.2, 0) is 28.6 Å². The van der Waals surface area contributed by atoms with Crippen LogP contribution in [0.1, 0.15) is 406 Å². The largest absolute Gasteiger partial charge is 0.462 e. The van der Waals surface area contributed by atoms with E-state index >= 15 is 0 Å². The molecule has 0 aliphatic heterocycles. The summed E-state index contributed by atoms with van der Waals surface area (Å²) in [5.41, 5.74) is 0. The molecule has 0 aromatic rings. The Hall–Kier alpha value is -2.37. The normalized spacial score (nSPS) is 12.2. The third kappa shape index (κ3) is 68.3. The van der Waals surface area contributed by atoms with Crippen molar-refractivity contribution in [3.05, 3.63) is 36.5 Å². The van der Waals surface area contributed by atoms with Crippen LogP contribution in [0.25, 0.3) is 0 Å². The Morgan fingerprint density at radius 2 is 0.444 bits per heavy atom. The molecule has 1 atom stereocenters. The second-order valence-electron chi connectivity index (χ2n) is 24.9. The van der Waals surface area contributed by atoms with Crippen molar-refractivity contribution in [1.82, 2.24) is 0 Å². The number of esters is 3. The summed E-state index contributed by atoms with van der Waals surface area (Å²) in [6.45, 7) is 6.67. The zero-order valence-electron chi connectivity index (χ0n) is 54.8. The molecule has 476 valence electrons. The molecule has 0 amide bonds. The van der Waals surface area contributed by atoms with Crippen molar-refractivity contribution in [2.75, 3.05) is 13.2 Å². The number of rotatable bonds is 68. The van der Waals surface area contributed by atoms with Gasteiger partial charge in [-0.2, -0.15) is 0 Å². The standard InChI is InChI=1S/C75H140O6/c1-4-7-10-13-16-19-22-25-28-30-31-32-33-34-35-36-37-38-39-40-41-42-43-45-47-50-53-56-59-62-65-68-74(77)80-71-72(70-79-73(76)67-64-61-58-55-52-49-46-27-24-21-18-15-12-9-6-3)81-75(78)69-66-63-60-57-54-51-48-44-29-26-23-20-17-14-11-8-5-2/h17,20,26-27,29,46,72H,4-16,18-19,21-25,28,30-45,47-71H2,1-3H3/b20-17-,29-26-,46-27-. The summed E-state index contributed by atoms with van der Waals surface area (Å²) in [7, 11) is 0. The van der Waals surface area contributed by atoms with Gasteiger partial charge in [-0.1, -0.05) is 346 Å². The number of hydrogen-bond acceptors (Lipinski definition) is 6. The van der Waals surface area contributed by atoms with Crippen LogP contribution >= 0.6 is 0 Å². The molecule has 0 aromatic heterocycles. The van der Waals surface area contributed by atoms with Gasteiger partial charge in [0.25, 0.3) is 0 Å². The minimum atomic E-state index is -0.779. The number of hydrogen-bond donors (Lipinski definition) is 0. The van der Waals surface area contributed by atoms with E-state index in [1.54, 1.807) is 0 Å². The van der Waals surface area contributed by atoms with E-state index in [1.165, 1.54) is 289 Å². The third-order valence-corrected chi connectivity index (χ3v) is 16.6. The van der Waals surface area contributed by atoms with Gasteiger partial charge < -0.3 is 14.2 Å². The highest BCUT2D eigenvalue weighted by molar-refractivity contribution is 5.71. The highest BCUT2D eigenvalue weighted by atomic mass is 16.6. The van der Waals surface area contributed by atoms with Crippen LogP contribution in [0.15, 0.2) is 36.5 Å². The average molecular weight is 1140 g/mol. The molecule has 0 rings (SSSR count). The highest BCUT2D eigenvalue weighted by Crippen LogP contribution is 2.19. The summed E-state index contributed by atoms with van der Waals surface area (Å²) in [6.07, 6.45) is 87.6. The van der Waals surface area contributed by atoms with Crippen molar-refractivity contribution in [3.8, 4) is 0 Å². The molecule has 0 heterocycles. The lowest BCUT2D eigenvalue weighted by Gasteiger charge is -2.18. The van der Waals surface area contributed by atoms with Gasteiger partial charge in [0, 0.05) is 19.3 Å². The fraction of sp³-hybridized carbons (Fsp3) is 0.880. The number of carbonyl (C=O) groups is 3. The van der Waals surface area contributed by atoms with Gasteiger partial charge >= 0.3 is 17.9 Å². The molecule has 0 aliphatic rings. The predicted octanol–water partition coefficient (Wildman–Crippen LogP) is 25.1. The summed E-state index contributed by atoms with van der Waals surface area (Å²) >= 11 is 0. The van der Waals surface area contributed by atoms with E-state index in [9.17, 15) is 14.4 Å². The molecule has 0 N–H and O–H groups in total. The summed E-state index contributed by atoms with van der Waals surface area (Å²) < 4.78 is 17.0. The van der Waals surface area contributed by atoms with Crippen LogP contribution in [0.2, 0.25) is 0 Å². The van der Waals surface area contributed by atoms with Gasteiger partial charge in [0.2, 0.25) is 0 Å². The van der Waals surface area contributed by atoms with Gasteiger partial charge in [0.15, 0.2) is 6.10 Å². The van der Waals surface area contributed by atoms with E-state index in [2.05, 4.69) is 57.2 Å². The van der Waals surface area contributed by atoms with Crippen LogP contribution in [0, 0.1) is 0 Å². The fourth-order valence-corrected chi connectivity index (χ4v) is 11.1. The molecule has 1 unspecified atom stereocenters. The van der Waals surface area contributed by atoms with Crippen molar-refractivity contribution in [1.29, 1.82) is 0 Å². The van der Waals surface area contributed by atoms with Crippen molar-refractivity contribution in [2.24, 2.45) is 0 Å². The van der Waals surface area contributed by atoms with E-state index in [0.717, 1.165) is 77.0 Å². The molecule has 0 saturated heterocycles. The molecule has 0 bridgehead atoms. The Balaban J connectivity index is 4.16. The van der Waals surface area contributed by atoms with Crippen molar-refractivity contribution < 1.29 is 28.6 Å². The summed E-state index contributed by atoms with van der Waals surface area (Å²) in [5.74, 6) is -0.863. The zero-order chi connectivity index (χ0) is 58.5. The van der Waals surface area contributed by atoms with Crippen LogP contribution in [0.5, 0.6) is 0 Å². The quantitative estimate of drug-likeness (QED) is 0.0261. The Kier molecular flexibility index (Phi) is 68.1. The van der Waals surface area contributed by atoms with Crippen LogP contribution in [0.3, 0.4) is 0 Å². The maximum absolute atomic E-state index is 12.9. The van der Waals surface area contributed by atoms with Gasteiger partial charge in [-0.15, -0.1) is 0 Å². The first kappa shape index (κ1) is 78.6.